The van der Waals surface area contributed by atoms with Gasteiger partial charge in [-0.05, 0) is 44.9 Å². The molecule has 1 saturated heterocycles. The number of nitrogens with one attached hydrogen (secondary N) is 1. The first-order valence-electron chi connectivity index (χ1n) is 10.4. The Morgan fingerprint density at radius 2 is 1.79 bits per heavy atom. The van der Waals surface area contributed by atoms with E-state index in [2.05, 4.69) is 24.1 Å². The second kappa shape index (κ2) is 8.37. The third-order valence-corrected chi connectivity index (χ3v) is 5.92. The van der Waals surface area contributed by atoms with Gasteiger partial charge < -0.3 is 14.8 Å². The average molecular weight is 394 g/mol. The number of halogens is 1. The Morgan fingerprint density at radius 1 is 1.10 bits per heavy atom. The van der Waals surface area contributed by atoms with Crippen LogP contribution in [0, 0.1) is 5.82 Å². The van der Waals surface area contributed by atoms with Crippen LogP contribution in [0.4, 0.5) is 4.39 Å². The zero-order valence-corrected chi connectivity index (χ0v) is 17.1. The van der Waals surface area contributed by atoms with Crippen molar-refractivity contribution in [1.82, 2.24) is 14.8 Å². The van der Waals surface area contributed by atoms with Gasteiger partial charge in [0.1, 0.15) is 11.5 Å². The van der Waals surface area contributed by atoms with Gasteiger partial charge in [0.05, 0.1) is 6.54 Å². The molecule has 1 aromatic heterocycles. The highest BCUT2D eigenvalue weighted by Crippen LogP contribution is 2.23. The molecule has 152 valence electrons. The van der Waals surface area contributed by atoms with Gasteiger partial charge in [-0.15, -0.1) is 0 Å². The summed E-state index contributed by atoms with van der Waals surface area (Å²) < 4.78 is 16.2. The lowest BCUT2D eigenvalue weighted by Gasteiger charge is -2.34. The standard InChI is InChI=1S/C24H28FN3O/c1-17(2)27-13-11-20(12-14-27)26-24(29)23-15-18-7-4-6-10-22(18)28(23)16-19-8-3-5-9-21(19)25/h3-10,15,17,20H,11-14,16H2,1-2H3,(H,26,29). The monoisotopic (exact) mass is 393 g/mol. The van der Waals surface area contributed by atoms with E-state index < -0.39 is 0 Å². The number of hydrogen-bond donors (Lipinski definition) is 1. The number of nitrogens with zero attached hydrogens (tertiary/aromatic N) is 2. The molecule has 0 radical (unpaired) electrons. The number of likely N-dealkylation sites (tertiary alicyclic amines) is 1. The van der Waals surface area contributed by atoms with E-state index in [0.29, 0.717) is 23.8 Å². The molecule has 0 spiro atoms. The maximum absolute atomic E-state index is 14.3. The van der Waals surface area contributed by atoms with Crippen LogP contribution in [-0.2, 0) is 6.54 Å². The Balaban J connectivity index is 1.58. The second-order valence-corrected chi connectivity index (χ2v) is 8.14. The molecule has 1 N–H and O–H groups in total. The third-order valence-electron chi connectivity index (χ3n) is 5.92. The van der Waals surface area contributed by atoms with Gasteiger partial charge >= 0.3 is 0 Å². The third kappa shape index (κ3) is 4.20. The molecule has 0 aliphatic carbocycles. The number of aromatic nitrogens is 1. The van der Waals surface area contributed by atoms with Crippen LogP contribution in [0.25, 0.3) is 10.9 Å². The largest absolute Gasteiger partial charge is 0.348 e. The highest BCUT2D eigenvalue weighted by molar-refractivity contribution is 5.99. The summed E-state index contributed by atoms with van der Waals surface area (Å²) in [5, 5.41) is 4.21. The van der Waals surface area contributed by atoms with Gasteiger partial charge in [-0.1, -0.05) is 36.4 Å². The Bertz CT molecular complexity index is 1000. The lowest BCUT2D eigenvalue weighted by atomic mass is 10.0. The van der Waals surface area contributed by atoms with Crippen molar-refractivity contribution >= 4 is 16.8 Å². The minimum atomic E-state index is -0.252. The molecule has 1 amide bonds. The molecule has 5 heteroatoms. The van der Waals surface area contributed by atoms with Gasteiger partial charge in [0.15, 0.2) is 0 Å². The van der Waals surface area contributed by atoms with Crippen molar-refractivity contribution < 1.29 is 9.18 Å². The first-order valence-corrected chi connectivity index (χ1v) is 10.4. The summed E-state index contributed by atoms with van der Waals surface area (Å²) in [6, 6.07) is 17.2. The van der Waals surface area contributed by atoms with Crippen molar-refractivity contribution in [2.45, 2.75) is 45.3 Å². The van der Waals surface area contributed by atoms with Gasteiger partial charge in [0.2, 0.25) is 0 Å². The van der Waals surface area contributed by atoms with E-state index in [0.717, 1.165) is 36.8 Å². The molecular weight excluding hydrogens is 365 g/mol. The summed E-state index contributed by atoms with van der Waals surface area (Å²) in [5.41, 5.74) is 2.10. The van der Waals surface area contributed by atoms with Crippen LogP contribution in [0.1, 0.15) is 42.7 Å². The zero-order valence-electron chi connectivity index (χ0n) is 17.1. The number of carbonyl (C=O) groups excluding carboxylic acids is 1. The first-order chi connectivity index (χ1) is 14.0. The van der Waals surface area contributed by atoms with Gasteiger partial charge in [0.25, 0.3) is 5.91 Å². The first kappa shape index (κ1) is 19.6. The predicted molar refractivity (Wildman–Crippen MR) is 115 cm³/mol. The van der Waals surface area contributed by atoms with Crippen LogP contribution >= 0.6 is 0 Å². The molecule has 0 saturated carbocycles. The second-order valence-electron chi connectivity index (χ2n) is 8.14. The SMILES string of the molecule is CC(C)N1CCC(NC(=O)c2cc3ccccc3n2Cc2ccccc2F)CC1. The Hall–Kier alpha value is -2.66. The van der Waals surface area contributed by atoms with Crippen LogP contribution in [0.15, 0.2) is 54.6 Å². The van der Waals surface area contributed by atoms with Gasteiger partial charge in [0, 0.05) is 41.6 Å². The molecule has 1 aliphatic rings. The highest BCUT2D eigenvalue weighted by Gasteiger charge is 2.24. The number of rotatable bonds is 5. The minimum Gasteiger partial charge on any atom is -0.348 e. The Kier molecular flexibility index (Phi) is 5.67. The maximum atomic E-state index is 14.3. The van der Waals surface area contributed by atoms with Gasteiger partial charge in [-0.3, -0.25) is 4.79 Å². The fourth-order valence-electron chi connectivity index (χ4n) is 4.19. The molecule has 4 nitrogen and oxygen atoms in total. The van der Waals surface area contributed by atoms with Crippen molar-refractivity contribution in [3.63, 3.8) is 0 Å². The summed E-state index contributed by atoms with van der Waals surface area (Å²) in [6.07, 6.45) is 1.91. The number of benzene rings is 2. The smallest absolute Gasteiger partial charge is 0.268 e. The summed E-state index contributed by atoms with van der Waals surface area (Å²) >= 11 is 0. The van der Waals surface area contributed by atoms with E-state index in [9.17, 15) is 9.18 Å². The average Bonchev–Trinajstić information content (AvgIpc) is 3.09. The topological polar surface area (TPSA) is 37.3 Å². The molecule has 3 aromatic rings. The summed E-state index contributed by atoms with van der Waals surface area (Å²) in [5.74, 6) is -0.335. The van der Waals surface area contributed by atoms with Gasteiger partial charge in [-0.2, -0.15) is 0 Å². The molecule has 2 heterocycles. The summed E-state index contributed by atoms with van der Waals surface area (Å²) in [6.45, 7) is 6.75. The maximum Gasteiger partial charge on any atom is 0.268 e. The number of hydrogen-bond acceptors (Lipinski definition) is 2. The van der Waals surface area contributed by atoms with E-state index in [4.69, 9.17) is 0 Å². The molecule has 4 rings (SSSR count). The van der Waals surface area contributed by atoms with E-state index in [1.165, 1.54) is 6.07 Å². The fraction of sp³-hybridized carbons (Fsp3) is 0.375. The normalized spacial score (nSPS) is 15.9. The molecule has 0 atom stereocenters. The van der Waals surface area contributed by atoms with Crippen LogP contribution < -0.4 is 5.32 Å². The van der Waals surface area contributed by atoms with Crippen LogP contribution in [0.5, 0.6) is 0 Å². The van der Waals surface area contributed by atoms with Crippen molar-refractivity contribution in [3.8, 4) is 0 Å². The van der Waals surface area contributed by atoms with Crippen molar-refractivity contribution in [2.75, 3.05) is 13.1 Å². The van der Waals surface area contributed by atoms with Crippen molar-refractivity contribution in [2.24, 2.45) is 0 Å². The van der Waals surface area contributed by atoms with Crippen LogP contribution in [0.2, 0.25) is 0 Å². The molecule has 1 fully saturated rings. The van der Waals surface area contributed by atoms with Crippen LogP contribution in [-0.4, -0.2) is 40.5 Å². The minimum absolute atomic E-state index is 0.0828. The quantitative estimate of drug-likeness (QED) is 0.696. The number of piperidine rings is 1. The van der Waals surface area contributed by atoms with E-state index in [-0.39, 0.29) is 17.8 Å². The summed E-state index contributed by atoms with van der Waals surface area (Å²) in [4.78, 5) is 15.6. The Morgan fingerprint density at radius 3 is 2.52 bits per heavy atom. The lowest BCUT2D eigenvalue weighted by Crippen LogP contribution is -2.46. The molecule has 2 aromatic carbocycles. The molecule has 0 bridgehead atoms. The fourth-order valence-corrected chi connectivity index (χ4v) is 4.19. The molecule has 0 unspecified atom stereocenters. The van der Waals surface area contributed by atoms with E-state index >= 15 is 0 Å². The lowest BCUT2D eigenvalue weighted by molar-refractivity contribution is 0.0892. The van der Waals surface area contributed by atoms with Crippen molar-refractivity contribution in [3.05, 3.63) is 71.7 Å². The van der Waals surface area contributed by atoms with E-state index in [1.54, 1.807) is 12.1 Å². The highest BCUT2D eigenvalue weighted by atomic mass is 19.1. The van der Waals surface area contributed by atoms with Crippen molar-refractivity contribution in [1.29, 1.82) is 0 Å². The van der Waals surface area contributed by atoms with Crippen LogP contribution in [0.3, 0.4) is 0 Å². The Labute approximate surface area is 171 Å². The predicted octanol–water partition coefficient (Wildman–Crippen LogP) is 4.43. The van der Waals surface area contributed by atoms with E-state index in [1.807, 2.05) is 41.0 Å². The number of para-hydroxylation sites is 1. The number of amides is 1. The summed E-state index contributed by atoms with van der Waals surface area (Å²) in [7, 11) is 0. The molecule has 29 heavy (non-hydrogen) atoms. The van der Waals surface area contributed by atoms with Gasteiger partial charge in [-0.25, -0.2) is 4.39 Å². The number of carbonyl (C=O) groups is 1. The molecular formula is C24H28FN3O. The molecule has 1 aliphatic heterocycles. The number of fused-ring (bicyclic) bond motifs is 1. The zero-order chi connectivity index (χ0) is 20.4.